The largest absolute Gasteiger partial charge is 0.313 e. The first-order valence-corrected chi connectivity index (χ1v) is 7.52. The molecule has 0 bridgehead atoms. The van der Waals surface area contributed by atoms with Gasteiger partial charge in [-0.15, -0.1) is 0 Å². The van der Waals surface area contributed by atoms with Gasteiger partial charge >= 0.3 is 0 Å². The van der Waals surface area contributed by atoms with E-state index in [9.17, 15) is 0 Å². The maximum absolute atomic E-state index is 4.84. The van der Waals surface area contributed by atoms with Gasteiger partial charge in [-0.3, -0.25) is 4.40 Å². The van der Waals surface area contributed by atoms with E-state index in [0.717, 1.165) is 20.7 Å². The Hall–Kier alpha value is -1.82. The molecule has 2 aromatic heterocycles. The van der Waals surface area contributed by atoms with Gasteiger partial charge in [0, 0.05) is 12.6 Å². The highest BCUT2D eigenvalue weighted by molar-refractivity contribution is 14.1. The van der Waals surface area contributed by atoms with Crippen LogP contribution in [0.4, 0.5) is 0 Å². The van der Waals surface area contributed by atoms with Crippen molar-refractivity contribution in [2.75, 3.05) is 0 Å². The van der Waals surface area contributed by atoms with Crippen LogP contribution < -0.4 is 0 Å². The molecule has 0 amide bonds. The maximum Gasteiger partial charge on any atom is 0.216 e. The van der Waals surface area contributed by atoms with Crippen LogP contribution in [-0.4, -0.2) is 14.0 Å². The first-order valence-electron chi connectivity index (χ1n) is 6.44. The summed E-state index contributed by atoms with van der Waals surface area (Å²) in [4.78, 5) is 4.84. The minimum Gasteiger partial charge on any atom is -0.313 e. The molecule has 0 N–H and O–H groups in total. The fourth-order valence-electron chi connectivity index (χ4n) is 2.65. The Morgan fingerprint density at radius 1 is 0.900 bits per heavy atom. The molecule has 0 fully saturated rings. The van der Waals surface area contributed by atoms with E-state index >= 15 is 0 Å². The molecule has 4 rings (SSSR count). The van der Waals surface area contributed by atoms with Crippen molar-refractivity contribution in [1.82, 2.24) is 14.0 Å². The number of fused-ring (bicyclic) bond motifs is 3. The average Bonchev–Trinajstić information content (AvgIpc) is 2.98. The number of imidazole rings is 2. The fraction of sp³-hybridized carbons (Fsp3) is 0.0625. The van der Waals surface area contributed by atoms with E-state index in [4.69, 9.17) is 4.98 Å². The molecule has 0 spiro atoms. The molecule has 20 heavy (non-hydrogen) atoms. The van der Waals surface area contributed by atoms with E-state index in [0.29, 0.717) is 0 Å². The van der Waals surface area contributed by atoms with Crippen molar-refractivity contribution in [2.24, 2.45) is 7.05 Å². The first kappa shape index (κ1) is 12.0. The Morgan fingerprint density at radius 3 is 2.30 bits per heavy atom. The molecule has 4 heteroatoms. The minimum atomic E-state index is 0.981. The second-order valence-electron chi connectivity index (χ2n) is 4.80. The number of hydrogen-bond donors (Lipinski definition) is 0. The summed E-state index contributed by atoms with van der Waals surface area (Å²) in [6, 6.07) is 18.7. The van der Waals surface area contributed by atoms with Gasteiger partial charge in [-0.05, 0) is 34.7 Å². The van der Waals surface area contributed by atoms with Crippen molar-refractivity contribution in [3.05, 3.63) is 58.3 Å². The summed E-state index contributed by atoms with van der Waals surface area (Å²) < 4.78 is 5.52. The van der Waals surface area contributed by atoms with Gasteiger partial charge in [-0.2, -0.15) is 0 Å². The Labute approximate surface area is 130 Å². The highest BCUT2D eigenvalue weighted by Crippen LogP contribution is 2.29. The molecule has 3 nitrogen and oxygen atoms in total. The molecular formula is C16H12IN3. The lowest BCUT2D eigenvalue weighted by molar-refractivity contribution is 0.968. The second-order valence-corrected chi connectivity index (χ2v) is 5.82. The van der Waals surface area contributed by atoms with Gasteiger partial charge in [-0.25, -0.2) is 4.98 Å². The number of halogens is 1. The third-order valence-electron chi connectivity index (χ3n) is 3.63. The Bertz CT molecular complexity index is 919. The Balaban J connectivity index is 2.13. The van der Waals surface area contributed by atoms with Crippen molar-refractivity contribution >= 4 is 39.4 Å². The summed E-state index contributed by atoms with van der Waals surface area (Å²) >= 11 is 2.39. The molecule has 0 aliphatic heterocycles. The number of benzene rings is 2. The fourth-order valence-corrected chi connectivity index (χ4v) is 3.56. The zero-order valence-corrected chi connectivity index (χ0v) is 13.1. The number of nitrogens with zero attached hydrogens (tertiary/aromatic N) is 3. The predicted octanol–water partition coefficient (Wildman–Crippen LogP) is 4.10. The van der Waals surface area contributed by atoms with Gasteiger partial charge < -0.3 is 4.57 Å². The van der Waals surface area contributed by atoms with Gasteiger partial charge in [0.1, 0.15) is 9.39 Å². The van der Waals surface area contributed by atoms with Crippen LogP contribution in [0, 0.1) is 3.70 Å². The van der Waals surface area contributed by atoms with Crippen LogP contribution in [0.25, 0.3) is 28.1 Å². The van der Waals surface area contributed by atoms with Crippen LogP contribution in [0.3, 0.4) is 0 Å². The molecule has 0 saturated heterocycles. The lowest BCUT2D eigenvalue weighted by atomic mass is 10.2. The third-order valence-corrected chi connectivity index (χ3v) is 4.63. The molecule has 0 atom stereocenters. The molecule has 4 aromatic rings. The molecule has 0 unspecified atom stereocenters. The highest BCUT2D eigenvalue weighted by atomic mass is 127. The Morgan fingerprint density at radius 2 is 1.55 bits per heavy atom. The summed E-state index contributed by atoms with van der Waals surface area (Å²) in [5, 5.41) is 0. The molecule has 0 aliphatic rings. The number of rotatable bonds is 1. The smallest absolute Gasteiger partial charge is 0.216 e. The zero-order chi connectivity index (χ0) is 13.7. The lowest BCUT2D eigenvalue weighted by Crippen LogP contribution is -1.88. The van der Waals surface area contributed by atoms with Gasteiger partial charge in [-0.1, -0.05) is 42.5 Å². The van der Waals surface area contributed by atoms with Crippen molar-refractivity contribution in [3.63, 3.8) is 0 Å². The Kier molecular flexibility index (Phi) is 2.60. The van der Waals surface area contributed by atoms with E-state index < -0.39 is 0 Å². The van der Waals surface area contributed by atoms with Gasteiger partial charge in [0.2, 0.25) is 5.78 Å². The van der Waals surface area contributed by atoms with Gasteiger partial charge in [0.25, 0.3) is 0 Å². The van der Waals surface area contributed by atoms with E-state index in [1.807, 2.05) is 18.2 Å². The molecule has 98 valence electrons. The summed E-state index contributed by atoms with van der Waals surface area (Å²) in [5.74, 6) is 0.981. The SMILES string of the molecule is Cn1c2ccccc2n2c(I)c(-c3ccccc3)nc12. The van der Waals surface area contributed by atoms with Crippen LogP contribution in [0.2, 0.25) is 0 Å². The van der Waals surface area contributed by atoms with Crippen LogP contribution in [0.1, 0.15) is 0 Å². The third kappa shape index (κ3) is 1.54. The van der Waals surface area contributed by atoms with Gasteiger partial charge in [0.15, 0.2) is 0 Å². The summed E-state index contributed by atoms with van der Waals surface area (Å²) in [6.07, 6.45) is 0. The van der Waals surface area contributed by atoms with E-state index in [2.05, 4.69) is 75.0 Å². The second kappa shape index (κ2) is 4.34. The maximum atomic E-state index is 4.84. The van der Waals surface area contributed by atoms with Crippen molar-refractivity contribution in [3.8, 4) is 11.3 Å². The number of hydrogen-bond acceptors (Lipinski definition) is 1. The number of aryl methyl sites for hydroxylation is 1. The number of aromatic nitrogens is 3. The molecule has 0 aliphatic carbocycles. The normalized spacial score (nSPS) is 11.5. The van der Waals surface area contributed by atoms with Crippen LogP contribution in [-0.2, 0) is 7.05 Å². The quantitative estimate of drug-likeness (QED) is 0.461. The monoisotopic (exact) mass is 373 g/mol. The first-order chi connectivity index (χ1) is 9.77. The molecule has 2 aromatic carbocycles. The van der Waals surface area contributed by atoms with E-state index in [-0.39, 0.29) is 0 Å². The summed E-state index contributed by atoms with van der Waals surface area (Å²) in [7, 11) is 2.06. The summed E-state index contributed by atoms with van der Waals surface area (Å²) in [5.41, 5.74) is 4.60. The van der Waals surface area contributed by atoms with Crippen LogP contribution in [0.5, 0.6) is 0 Å². The van der Waals surface area contributed by atoms with E-state index in [1.54, 1.807) is 0 Å². The topological polar surface area (TPSA) is 22.2 Å². The molecule has 0 radical (unpaired) electrons. The molecule has 0 saturated carbocycles. The van der Waals surface area contributed by atoms with E-state index in [1.165, 1.54) is 11.0 Å². The van der Waals surface area contributed by atoms with Crippen molar-refractivity contribution < 1.29 is 0 Å². The summed E-state index contributed by atoms with van der Waals surface area (Å²) in [6.45, 7) is 0. The zero-order valence-electron chi connectivity index (χ0n) is 10.9. The van der Waals surface area contributed by atoms with Gasteiger partial charge in [0.05, 0.1) is 11.0 Å². The van der Waals surface area contributed by atoms with Crippen LogP contribution >= 0.6 is 22.6 Å². The lowest BCUT2D eigenvalue weighted by Gasteiger charge is -1.99. The van der Waals surface area contributed by atoms with Crippen LogP contribution in [0.15, 0.2) is 54.6 Å². The molecular weight excluding hydrogens is 361 g/mol. The van der Waals surface area contributed by atoms with Crippen molar-refractivity contribution in [2.45, 2.75) is 0 Å². The standard InChI is InChI=1S/C16H12IN3/c1-19-12-9-5-6-10-13(12)20-15(17)14(18-16(19)20)11-7-3-2-4-8-11/h2-10H,1H3. The highest BCUT2D eigenvalue weighted by Gasteiger charge is 2.17. The predicted molar refractivity (Wildman–Crippen MR) is 89.8 cm³/mol. The number of para-hydroxylation sites is 2. The van der Waals surface area contributed by atoms with Crippen molar-refractivity contribution in [1.29, 1.82) is 0 Å². The molecule has 2 heterocycles. The minimum absolute atomic E-state index is 0.981. The average molecular weight is 373 g/mol.